The Hall–Kier alpha value is -4.14. The molecule has 1 N–H and O–H groups in total. The van der Waals surface area contributed by atoms with Gasteiger partial charge in [0, 0.05) is 30.8 Å². The molecule has 0 aliphatic heterocycles. The maximum atomic E-state index is 12.5. The first-order valence-corrected chi connectivity index (χ1v) is 11.6. The molecule has 9 heteroatoms. The summed E-state index contributed by atoms with van der Waals surface area (Å²) < 4.78 is 3.44. The molecule has 0 bridgehead atoms. The quantitative estimate of drug-likeness (QED) is 0.321. The van der Waals surface area contributed by atoms with Gasteiger partial charge in [0.15, 0.2) is 0 Å². The van der Waals surface area contributed by atoms with Gasteiger partial charge in [-0.1, -0.05) is 55.7 Å². The van der Waals surface area contributed by atoms with Crippen molar-refractivity contribution in [3.8, 4) is 22.5 Å². The third-order valence-electron chi connectivity index (χ3n) is 5.88. The minimum absolute atomic E-state index is 0.0840. The Labute approximate surface area is 196 Å². The highest BCUT2D eigenvalue weighted by Crippen LogP contribution is 2.33. The minimum atomic E-state index is -0.0840. The normalized spacial score (nSPS) is 11.3. The number of fused-ring (bicyclic) bond motifs is 1. The van der Waals surface area contributed by atoms with E-state index in [-0.39, 0.29) is 5.56 Å². The Morgan fingerprint density at radius 1 is 0.824 bits per heavy atom. The summed E-state index contributed by atoms with van der Waals surface area (Å²) in [5, 5.41) is 23.4. The van der Waals surface area contributed by atoms with Crippen LogP contribution in [0.5, 0.6) is 0 Å². The van der Waals surface area contributed by atoms with Crippen molar-refractivity contribution in [2.75, 3.05) is 0 Å². The molecule has 0 fully saturated rings. The second-order valence-electron chi connectivity index (χ2n) is 8.27. The maximum Gasteiger partial charge on any atom is 0.266 e. The smallest absolute Gasteiger partial charge is 0.266 e. The van der Waals surface area contributed by atoms with Gasteiger partial charge < -0.3 is 0 Å². The fraction of sp³-hybridized carbons (Fsp3) is 0.280. The van der Waals surface area contributed by atoms with E-state index in [4.69, 9.17) is 10.2 Å². The van der Waals surface area contributed by atoms with Gasteiger partial charge >= 0.3 is 0 Å². The van der Waals surface area contributed by atoms with Crippen molar-refractivity contribution in [1.29, 1.82) is 0 Å². The molecule has 172 valence electrons. The number of benzene rings is 1. The number of aryl methyl sites for hydroxylation is 2. The zero-order valence-electron chi connectivity index (χ0n) is 18.8. The molecule has 34 heavy (non-hydrogen) atoms. The van der Waals surface area contributed by atoms with Crippen LogP contribution in [0, 0.1) is 0 Å². The summed E-state index contributed by atoms with van der Waals surface area (Å²) >= 11 is 0. The predicted octanol–water partition coefficient (Wildman–Crippen LogP) is 3.93. The fourth-order valence-corrected chi connectivity index (χ4v) is 4.16. The predicted molar refractivity (Wildman–Crippen MR) is 129 cm³/mol. The van der Waals surface area contributed by atoms with Gasteiger partial charge in [0.2, 0.25) is 0 Å². The van der Waals surface area contributed by atoms with Crippen LogP contribution < -0.4 is 5.56 Å². The van der Waals surface area contributed by atoms with Crippen molar-refractivity contribution in [3.63, 3.8) is 0 Å². The van der Waals surface area contributed by atoms with E-state index in [1.807, 2.05) is 59.2 Å². The second-order valence-corrected chi connectivity index (χ2v) is 8.27. The number of hydrogen-bond donors (Lipinski definition) is 1. The van der Waals surface area contributed by atoms with Crippen molar-refractivity contribution < 1.29 is 0 Å². The van der Waals surface area contributed by atoms with Crippen molar-refractivity contribution in [2.24, 2.45) is 0 Å². The first kappa shape index (κ1) is 21.7. The zero-order valence-corrected chi connectivity index (χ0v) is 18.8. The van der Waals surface area contributed by atoms with Crippen LogP contribution in [-0.4, -0.2) is 40.0 Å². The van der Waals surface area contributed by atoms with Gasteiger partial charge in [-0.05, 0) is 41.5 Å². The first-order chi connectivity index (χ1) is 16.8. The first-order valence-electron chi connectivity index (χ1n) is 11.6. The number of aromatic amines is 1. The van der Waals surface area contributed by atoms with E-state index < -0.39 is 0 Å². The van der Waals surface area contributed by atoms with E-state index in [0.29, 0.717) is 6.54 Å². The molecule has 0 saturated carbocycles. The van der Waals surface area contributed by atoms with E-state index in [1.165, 1.54) is 0 Å². The molecular formula is C25H26N8O. The molecule has 9 nitrogen and oxygen atoms in total. The SMILES string of the molecule is O=c1ccc(-c2c(-c3ccccc3)nn3ccccc23)nn1CCCCCCCc1nnn[nH]1. The molecule has 0 atom stereocenters. The molecule has 0 spiro atoms. The topological polar surface area (TPSA) is 107 Å². The van der Waals surface area contributed by atoms with Crippen LogP contribution in [0.2, 0.25) is 0 Å². The van der Waals surface area contributed by atoms with E-state index >= 15 is 0 Å². The third kappa shape index (κ3) is 4.78. The van der Waals surface area contributed by atoms with Crippen molar-refractivity contribution in [1.82, 2.24) is 40.0 Å². The highest BCUT2D eigenvalue weighted by Gasteiger charge is 2.18. The molecule has 5 rings (SSSR count). The van der Waals surface area contributed by atoms with E-state index in [2.05, 4.69) is 20.6 Å². The van der Waals surface area contributed by atoms with Crippen molar-refractivity contribution in [2.45, 2.75) is 45.1 Å². The minimum Gasteiger partial charge on any atom is -0.268 e. The number of H-pyrrole nitrogens is 1. The summed E-state index contributed by atoms with van der Waals surface area (Å²) in [5.41, 5.74) is 4.43. The number of rotatable bonds is 10. The highest BCUT2D eigenvalue weighted by molar-refractivity contribution is 5.90. The van der Waals surface area contributed by atoms with Crippen LogP contribution in [0.3, 0.4) is 0 Å². The van der Waals surface area contributed by atoms with E-state index in [1.54, 1.807) is 16.8 Å². The molecule has 4 heterocycles. The van der Waals surface area contributed by atoms with Crippen LogP contribution >= 0.6 is 0 Å². The average molecular weight is 455 g/mol. The molecule has 1 aromatic carbocycles. The van der Waals surface area contributed by atoms with Gasteiger partial charge in [-0.25, -0.2) is 14.3 Å². The second kappa shape index (κ2) is 10.2. The Morgan fingerprint density at radius 3 is 2.50 bits per heavy atom. The summed E-state index contributed by atoms with van der Waals surface area (Å²) in [6, 6.07) is 19.5. The van der Waals surface area contributed by atoms with Crippen LogP contribution in [0.25, 0.3) is 28.0 Å². The third-order valence-corrected chi connectivity index (χ3v) is 5.88. The Bertz CT molecular complexity index is 1410. The molecule has 0 aliphatic rings. The molecule has 0 radical (unpaired) electrons. The molecule has 0 unspecified atom stereocenters. The van der Waals surface area contributed by atoms with Crippen molar-refractivity contribution in [3.05, 3.63) is 83.0 Å². The van der Waals surface area contributed by atoms with E-state index in [0.717, 1.165) is 72.4 Å². The van der Waals surface area contributed by atoms with Gasteiger partial charge in [-0.15, -0.1) is 5.10 Å². The number of unbranched alkanes of at least 4 members (excludes halogenated alkanes) is 4. The largest absolute Gasteiger partial charge is 0.268 e. The average Bonchev–Trinajstić information content (AvgIpc) is 3.53. The van der Waals surface area contributed by atoms with Gasteiger partial charge in [-0.2, -0.15) is 10.2 Å². The van der Waals surface area contributed by atoms with E-state index in [9.17, 15) is 4.79 Å². The lowest BCUT2D eigenvalue weighted by molar-refractivity contribution is 0.511. The number of nitrogens with one attached hydrogen (secondary N) is 1. The van der Waals surface area contributed by atoms with Gasteiger partial charge in [0.25, 0.3) is 5.56 Å². The number of aromatic nitrogens is 8. The lowest BCUT2D eigenvalue weighted by Gasteiger charge is -2.08. The van der Waals surface area contributed by atoms with Crippen molar-refractivity contribution >= 4 is 5.52 Å². The Morgan fingerprint density at radius 2 is 1.65 bits per heavy atom. The number of hydrogen-bond acceptors (Lipinski definition) is 6. The zero-order chi connectivity index (χ0) is 23.2. The Balaban J connectivity index is 1.30. The standard InChI is InChI=1S/C25H26N8O/c34-23-16-15-20(28-33(23)18-9-3-1-2-7-14-22-26-30-31-27-22)24-21-13-8-10-17-32(21)29-25(24)19-11-5-4-6-12-19/h4-6,8,10-13,15-17H,1-3,7,9,14,18H2,(H,26,27,30,31). The maximum absolute atomic E-state index is 12.5. The molecule has 4 aromatic heterocycles. The summed E-state index contributed by atoms with van der Waals surface area (Å²) in [6.07, 6.45) is 7.98. The summed E-state index contributed by atoms with van der Waals surface area (Å²) in [5.74, 6) is 0.829. The summed E-state index contributed by atoms with van der Waals surface area (Å²) in [6.45, 7) is 0.596. The number of nitrogens with zero attached hydrogens (tertiary/aromatic N) is 7. The number of pyridine rings is 1. The lowest BCUT2D eigenvalue weighted by atomic mass is 10.0. The fourth-order valence-electron chi connectivity index (χ4n) is 4.16. The molecule has 5 aromatic rings. The molecule has 0 saturated heterocycles. The van der Waals surface area contributed by atoms with Crippen LogP contribution in [-0.2, 0) is 13.0 Å². The lowest BCUT2D eigenvalue weighted by Crippen LogP contribution is -2.22. The molecule has 0 aliphatic carbocycles. The summed E-state index contributed by atoms with van der Waals surface area (Å²) in [4.78, 5) is 12.5. The number of tetrazole rings is 1. The van der Waals surface area contributed by atoms with Crippen LogP contribution in [0.15, 0.2) is 71.7 Å². The highest BCUT2D eigenvalue weighted by atomic mass is 16.1. The van der Waals surface area contributed by atoms with Crippen LogP contribution in [0.4, 0.5) is 0 Å². The summed E-state index contributed by atoms with van der Waals surface area (Å²) in [7, 11) is 0. The van der Waals surface area contributed by atoms with Gasteiger partial charge in [0.1, 0.15) is 11.5 Å². The monoisotopic (exact) mass is 454 g/mol. The molecule has 0 amide bonds. The van der Waals surface area contributed by atoms with Gasteiger partial charge in [0.05, 0.1) is 16.8 Å². The molecular weight excluding hydrogens is 428 g/mol. The van der Waals surface area contributed by atoms with Crippen LogP contribution in [0.1, 0.15) is 37.9 Å². The Kier molecular flexibility index (Phi) is 6.51. The van der Waals surface area contributed by atoms with Gasteiger partial charge in [-0.3, -0.25) is 4.79 Å².